The maximum atomic E-state index is 10.5. The summed E-state index contributed by atoms with van der Waals surface area (Å²) >= 11 is 1.77. The van der Waals surface area contributed by atoms with Crippen LogP contribution in [-0.4, -0.2) is 33.8 Å². The van der Waals surface area contributed by atoms with Crippen molar-refractivity contribution in [3.8, 4) is 33.9 Å². The molecule has 2 aromatic heterocycles. The van der Waals surface area contributed by atoms with Gasteiger partial charge in [0.1, 0.15) is 0 Å². The lowest BCUT2D eigenvalue weighted by Crippen LogP contribution is -2.49. The van der Waals surface area contributed by atoms with Crippen molar-refractivity contribution in [1.29, 1.82) is 0 Å². The predicted octanol–water partition coefficient (Wildman–Crippen LogP) is 7.39. The highest BCUT2D eigenvalue weighted by molar-refractivity contribution is 7.26. The summed E-state index contributed by atoms with van der Waals surface area (Å²) in [4.78, 5) is 10.0. The van der Waals surface area contributed by atoms with Crippen molar-refractivity contribution in [3.63, 3.8) is 0 Å². The van der Waals surface area contributed by atoms with Crippen LogP contribution in [0, 0.1) is 0 Å². The predicted molar refractivity (Wildman–Crippen MR) is 169 cm³/mol. The van der Waals surface area contributed by atoms with Gasteiger partial charge in [0.2, 0.25) is 0 Å². The van der Waals surface area contributed by atoms with E-state index in [-0.39, 0.29) is 0 Å². The maximum Gasteiger partial charge on any atom is 0.309 e. The molecule has 6 rings (SSSR count). The number of hydrogen-bond acceptors (Lipinski definition) is 5. The first-order chi connectivity index (χ1) is 19.2. The van der Waals surface area contributed by atoms with E-state index in [1.807, 2.05) is 50.2 Å². The first-order valence-electron chi connectivity index (χ1n) is 13.5. The van der Waals surface area contributed by atoms with Crippen molar-refractivity contribution in [2.45, 2.75) is 38.9 Å². The zero-order valence-electron chi connectivity index (χ0n) is 23.2. The topological polar surface area (TPSA) is 55.2 Å². The Labute approximate surface area is 239 Å². The monoisotopic (exact) mass is 542 g/mol. The second kappa shape index (κ2) is 10.3. The molecule has 0 atom stereocenters. The highest BCUT2D eigenvalue weighted by atomic mass is 32.1. The summed E-state index contributed by atoms with van der Waals surface area (Å²) in [5, 5.41) is 12.9. The highest BCUT2D eigenvalue weighted by Crippen LogP contribution is 2.40. The van der Waals surface area contributed by atoms with E-state index in [0.29, 0.717) is 13.3 Å². The summed E-state index contributed by atoms with van der Waals surface area (Å²) in [6.45, 7) is 7.41. The average Bonchev–Trinajstić information content (AvgIpc) is 3.34. The standard InChI is InChI=1S/C34H31BN2O2S/c1-33(2,38)34(3,4)39-35-24-18-19-25-26-16-11-17-27(31(26)40-30(25)20-24)29-21-28(22-12-7-5-8-13-22)36-32(37-29)23-14-9-6-10-15-23/h5-21,35,38H,1-4H3. The van der Waals surface area contributed by atoms with Crippen LogP contribution in [0.25, 0.3) is 54.1 Å². The van der Waals surface area contributed by atoms with E-state index < -0.39 is 11.2 Å². The van der Waals surface area contributed by atoms with Gasteiger partial charge in [-0.05, 0) is 39.8 Å². The van der Waals surface area contributed by atoms with Crippen molar-refractivity contribution in [2.75, 3.05) is 0 Å². The van der Waals surface area contributed by atoms with Crippen LogP contribution in [0.4, 0.5) is 0 Å². The summed E-state index contributed by atoms with van der Waals surface area (Å²) in [5.41, 5.74) is 4.41. The lowest BCUT2D eigenvalue weighted by molar-refractivity contribution is -0.0893. The summed E-state index contributed by atoms with van der Waals surface area (Å²) < 4.78 is 8.54. The molecule has 0 aliphatic carbocycles. The summed E-state index contributed by atoms with van der Waals surface area (Å²) in [5.74, 6) is 0.712. The largest absolute Gasteiger partial charge is 0.427 e. The molecule has 0 unspecified atom stereocenters. The van der Waals surface area contributed by atoms with Crippen LogP contribution >= 0.6 is 11.3 Å². The summed E-state index contributed by atoms with van der Waals surface area (Å²) in [7, 11) is 0.431. The Morgan fingerprint density at radius 1 is 0.700 bits per heavy atom. The first-order valence-corrected chi connectivity index (χ1v) is 14.3. The molecule has 1 N–H and O–H groups in total. The van der Waals surface area contributed by atoms with E-state index >= 15 is 0 Å². The third-order valence-corrected chi connectivity index (χ3v) is 8.94. The van der Waals surface area contributed by atoms with Crippen LogP contribution in [0.15, 0.2) is 103 Å². The van der Waals surface area contributed by atoms with E-state index in [2.05, 4.69) is 66.7 Å². The van der Waals surface area contributed by atoms with Crippen LogP contribution in [0.5, 0.6) is 0 Å². The number of thiophene rings is 1. The van der Waals surface area contributed by atoms with Gasteiger partial charge in [-0.2, -0.15) is 0 Å². The van der Waals surface area contributed by atoms with Gasteiger partial charge in [0, 0.05) is 36.9 Å². The molecular formula is C34H31BN2O2S. The average molecular weight is 543 g/mol. The number of aromatic nitrogens is 2. The normalized spacial score (nSPS) is 12.2. The number of hydrogen-bond donors (Lipinski definition) is 1. The molecule has 40 heavy (non-hydrogen) atoms. The Kier molecular flexibility index (Phi) is 6.79. The Balaban J connectivity index is 1.45. The zero-order valence-corrected chi connectivity index (χ0v) is 24.0. The second-order valence-corrected chi connectivity index (χ2v) is 12.2. The number of benzene rings is 4. The fraction of sp³-hybridized carbons (Fsp3) is 0.176. The molecule has 4 aromatic carbocycles. The molecule has 0 spiro atoms. The van der Waals surface area contributed by atoms with E-state index in [4.69, 9.17) is 14.6 Å². The van der Waals surface area contributed by atoms with E-state index in [0.717, 1.165) is 33.5 Å². The molecular weight excluding hydrogens is 511 g/mol. The number of nitrogens with zero attached hydrogens (tertiary/aromatic N) is 2. The molecule has 0 saturated carbocycles. The minimum atomic E-state index is -0.946. The molecule has 0 aliphatic rings. The molecule has 6 aromatic rings. The Hall–Kier alpha value is -3.84. The molecule has 0 fully saturated rings. The fourth-order valence-electron chi connectivity index (χ4n) is 4.63. The summed E-state index contributed by atoms with van der Waals surface area (Å²) in [6.07, 6.45) is 0. The number of aliphatic hydroxyl groups is 1. The molecule has 0 saturated heterocycles. The third-order valence-electron chi connectivity index (χ3n) is 7.74. The Bertz CT molecular complexity index is 1750. The molecule has 0 amide bonds. The van der Waals surface area contributed by atoms with Gasteiger partial charge in [-0.25, -0.2) is 9.97 Å². The molecule has 0 radical (unpaired) electrons. The lowest BCUT2D eigenvalue weighted by atomic mass is 9.82. The fourth-order valence-corrected chi connectivity index (χ4v) is 5.92. The molecule has 2 heterocycles. The van der Waals surface area contributed by atoms with Crippen LogP contribution in [0.3, 0.4) is 0 Å². The molecule has 0 aliphatic heterocycles. The molecule has 198 valence electrons. The van der Waals surface area contributed by atoms with Crippen LogP contribution in [-0.2, 0) is 4.65 Å². The van der Waals surface area contributed by atoms with Crippen molar-refractivity contribution in [2.24, 2.45) is 0 Å². The van der Waals surface area contributed by atoms with Gasteiger partial charge < -0.3 is 9.76 Å². The van der Waals surface area contributed by atoms with Crippen molar-refractivity contribution < 1.29 is 9.76 Å². The van der Waals surface area contributed by atoms with Gasteiger partial charge in [-0.15, -0.1) is 11.3 Å². The van der Waals surface area contributed by atoms with Gasteiger partial charge in [0.25, 0.3) is 0 Å². The minimum absolute atomic E-state index is 0.431. The smallest absolute Gasteiger partial charge is 0.309 e. The van der Waals surface area contributed by atoms with E-state index in [1.54, 1.807) is 25.2 Å². The van der Waals surface area contributed by atoms with Crippen molar-refractivity contribution >= 4 is 44.5 Å². The highest BCUT2D eigenvalue weighted by Gasteiger charge is 2.35. The number of rotatable bonds is 7. The van der Waals surface area contributed by atoms with Crippen LogP contribution in [0.1, 0.15) is 27.7 Å². The van der Waals surface area contributed by atoms with Gasteiger partial charge in [0.15, 0.2) is 5.82 Å². The quantitative estimate of drug-likeness (QED) is 0.214. The zero-order chi connectivity index (χ0) is 27.9. The first kappa shape index (κ1) is 26.4. The van der Waals surface area contributed by atoms with Crippen LogP contribution in [0.2, 0.25) is 0 Å². The lowest BCUT2D eigenvalue weighted by Gasteiger charge is -2.37. The van der Waals surface area contributed by atoms with Gasteiger partial charge >= 0.3 is 7.48 Å². The van der Waals surface area contributed by atoms with E-state index in [1.165, 1.54) is 20.2 Å². The minimum Gasteiger partial charge on any atom is -0.427 e. The van der Waals surface area contributed by atoms with Crippen molar-refractivity contribution in [3.05, 3.63) is 103 Å². The third kappa shape index (κ3) is 5.06. The van der Waals surface area contributed by atoms with Gasteiger partial charge in [0.05, 0.1) is 22.6 Å². The molecule has 6 heteroatoms. The second-order valence-electron chi connectivity index (χ2n) is 11.2. The Morgan fingerprint density at radius 3 is 2.08 bits per heavy atom. The van der Waals surface area contributed by atoms with Gasteiger partial charge in [-0.1, -0.05) is 96.5 Å². The molecule has 4 nitrogen and oxygen atoms in total. The maximum absolute atomic E-state index is 10.5. The number of fused-ring (bicyclic) bond motifs is 3. The van der Waals surface area contributed by atoms with Gasteiger partial charge in [-0.3, -0.25) is 0 Å². The van der Waals surface area contributed by atoms with Crippen LogP contribution < -0.4 is 5.46 Å². The molecule has 0 bridgehead atoms. The van der Waals surface area contributed by atoms with E-state index in [9.17, 15) is 5.11 Å². The van der Waals surface area contributed by atoms with Crippen molar-refractivity contribution in [1.82, 2.24) is 9.97 Å². The summed E-state index contributed by atoms with van der Waals surface area (Å²) in [6, 6.07) is 35.5. The Morgan fingerprint density at radius 2 is 1.38 bits per heavy atom. The SMILES string of the molecule is CC(C)(O)C(C)(C)OBc1ccc2c(c1)sc1c(-c3cc(-c4ccccc4)nc(-c4ccccc4)n3)cccc12.